The molecule has 1 amide bonds. The molecule has 0 bridgehead atoms. The van der Waals surface area contributed by atoms with E-state index in [-0.39, 0.29) is 18.6 Å². The number of nitrogens with one attached hydrogen (secondary N) is 1. The van der Waals surface area contributed by atoms with Crippen molar-refractivity contribution >= 4 is 5.91 Å². The predicted molar refractivity (Wildman–Crippen MR) is 75.2 cm³/mol. The third-order valence-corrected chi connectivity index (χ3v) is 3.13. The Hall–Kier alpha value is -1.55. The van der Waals surface area contributed by atoms with Crippen LogP contribution in [0.4, 0.5) is 0 Å². The number of hydrogen-bond donors (Lipinski definition) is 2. The zero-order chi connectivity index (χ0) is 14.3. The number of rotatable bonds is 7. The van der Waals surface area contributed by atoms with E-state index in [1.807, 2.05) is 38.1 Å². The molecule has 1 unspecified atom stereocenters. The molecule has 1 aromatic rings. The average molecular weight is 265 g/mol. The third-order valence-electron chi connectivity index (χ3n) is 3.13. The highest BCUT2D eigenvalue weighted by atomic mass is 16.5. The van der Waals surface area contributed by atoms with Crippen LogP contribution in [0.3, 0.4) is 0 Å². The quantitative estimate of drug-likeness (QED) is 0.790. The second-order valence-electron chi connectivity index (χ2n) is 4.92. The number of benzene rings is 1. The fourth-order valence-corrected chi connectivity index (χ4v) is 1.99. The third kappa shape index (κ3) is 4.91. The normalized spacial score (nSPS) is 12.3. The molecule has 2 N–H and O–H groups in total. The number of aliphatic hydroxyl groups excluding tert-OH is 1. The minimum atomic E-state index is -0.0448. The van der Waals surface area contributed by atoms with Gasteiger partial charge in [-0.05, 0) is 18.4 Å². The monoisotopic (exact) mass is 265 g/mol. The lowest BCUT2D eigenvalue weighted by atomic mass is 10.0. The van der Waals surface area contributed by atoms with Gasteiger partial charge in [0.25, 0.3) is 0 Å². The summed E-state index contributed by atoms with van der Waals surface area (Å²) in [5.41, 5.74) is 0.869. The molecule has 0 saturated carbocycles. The second kappa shape index (κ2) is 7.79. The summed E-state index contributed by atoms with van der Waals surface area (Å²) in [6, 6.07) is 7.50. The summed E-state index contributed by atoms with van der Waals surface area (Å²) in [4.78, 5) is 12.0. The zero-order valence-corrected chi connectivity index (χ0v) is 11.8. The van der Waals surface area contributed by atoms with Gasteiger partial charge in [-0.15, -0.1) is 0 Å². The second-order valence-corrected chi connectivity index (χ2v) is 4.92. The van der Waals surface area contributed by atoms with E-state index in [1.165, 1.54) is 0 Å². The van der Waals surface area contributed by atoms with E-state index in [4.69, 9.17) is 9.84 Å². The Morgan fingerprint density at radius 3 is 2.63 bits per heavy atom. The highest BCUT2D eigenvalue weighted by molar-refractivity contribution is 5.79. The van der Waals surface area contributed by atoms with Gasteiger partial charge >= 0.3 is 0 Å². The maximum absolute atomic E-state index is 12.0. The first kappa shape index (κ1) is 15.5. The van der Waals surface area contributed by atoms with Crippen LogP contribution in [0.2, 0.25) is 0 Å². The Morgan fingerprint density at radius 2 is 2.05 bits per heavy atom. The molecule has 0 aromatic heterocycles. The smallest absolute Gasteiger partial charge is 0.224 e. The Morgan fingerprint density at radius 1 is 1.37 bits per heavy atom. The molecule has 0 spiro atoms. The molecule has 1 atom stereocenters. The number of ether oxygens (including phenoxy) is 1. The number of carbonyl (C=O) groups excluding carboxylic acids is 1. The van der Waals surface area contributed by atoms with Gasteiger partial charge in [0.1, 0.15) is 5.75 Å². The minimum absolute atomic E-state index is 0.00667. The lowest BCUT2D eigenvalue weighted by molar-refractivity contribution is -0.121. The van der Waals surface area contributed by atoms with Crippen molar-refractivity contribution in [1.29, 1.82) is 0 Å². The van der Waals surface area contributed by atoms with E-state index in [9.17, 15) is 4.79 Å². The number of methoxy groups -OCH3 is 1. The Bertz CT molecular complexity index is 404. The largest absolute Gasteiger partial charge is 0.496 e. The summed E-state index contributed by atoms with van der Waals surface area (Å²) in [7, 11) is 1.60. The number of aliphatic hydroxyl groups is 1. The molecule has 1 rings (SSSR count). The van der Waals surface area contributed by atoms with Gasteiger partial charge in [-0.25, -0.2) is 0 Å². The van der Waals surface area contributed by atoms with Crippen LogP contribution < -0.4 is 10.1 Å². The SMILES string of the molecule is COc1ccccc1CC(=O)NC(CCO)C(C)C. The Balaban J connectivity index is 2.63. The van der Waals surface area contributed by atoms with Gasteiger partial charge in [-0.1, -0.05) is 32.0 Å². The van der Waals surface area contributed by atoms with E-state index in [0.29, 0.717) is 18.8 Å². The molecule has 0 fully saturated rings. The van der Waals surface area contributed by atoms with Crippen molar-refractivity contribution < 1.29 is 14.6 Å². The van der Waals surface area contributed by atoms with Crippen LogP contribution in [0.1, 0.15) is 25.8 Å². The van der Waals surface area contributed by atoms with Gasteiger partial charge in [-0.2, -0.15) is 0 Å². The highest BCUT2D eigenvalue weighted by Crippen LogP contribution is 2.18. The number of amides is 1. The number of hydrogen-bond acceptors (Lipinski definition) is 3. The molecule has 0 saturated heterocycles. The molecular formula is C15H23NO3. The maximum Gasteiger partial charge on any atom is 0.224 e. The van der Waals surface area contributed by atoms with Crippen molar-refractivity contribution in [2.45, 2.75) is 32.7 Å². The lowest BCUT2D eigenvalue weighted by Crippen LogP contribution is -2.40. The van der Waals surface area contributed by atoms with Gasteiger partial charge in [0.05, 0.1) is 13.5 Å². The number of carbonyl (C=O) groups is 1. The molecule has 0 aliphatic rings. The van der Waals surface area contributed by atoms with Crippen LogP contribution in [0, 0.1) is 5.92 Å². The average Bonchev–Trinajstić information content (AvgIpc) is 2.38. The molecule has 1 aromatic carbocycles. The van der Waals surface area contributed by atoms with Crippen LogP contribution in [0.25, 0.3) is 0 Å². The van der Waals surface area contributed by atoms with Crippen LogP contribution >= 0.6 is 0 Å². The van der Waals surface area contributed by atoms with Crippen molar-refractivity contribution in [3.63, 3.8) is 0 Å². The van der Waals surface area contributed by atoms with E-state index in [0.717, 1.165) is 11.3 Å². The minimum Gasteiger partial charge on any atom is -0.496 e. The summed E-state index contributed by atoms with van der Waals surface area (Å²) < 4.78 is 5.23. The van der Waals surface area contributed by atoms with Crippen molar-refractivity contribution in [3.05, 3.63) is 29.8 Å². The van der Waals surface area contributed by atoms with Crippen LogP contribution in [0.15, 0.2) is 24.3 Å². The van der Waals surface area contributed by atoms with Crippen molar-refractivity contribution in [2.24, 2.45) is 5.92 Å². The Kier molecular flexibility index (Phi) is 6.36. The predicted octanol–water partition coefficient (Wildman–Crippen LogP) is 1.76. The molecule has 0 aliphatic carbocycles. The van der Waals surface area contributed by atoms with E-state index in [1.54, 1.807) is 7.11 Å². The van der Waals surface area contributed by atoms with Gasteiger partial charge in [0, 0.05) is 18.2 Å². The van der Waals surface area contributed by atoms with Gasteiger partial charge in [-0.3, -0.25) is 4.79 Å². The summed E-state index contributed by atoms with van der Waals surface area (Å²) in [6.07, 6.45) is 0.869. The van der Waals surface area contributed by atoms with Crippen molar-refractivity contribution in [1.82, 2.24) is 5.32 Å². The van der Waals surface area contributed by atoms with Gasteiger partial charge in [0.2, 0.25) is 5.91 Å². The summed E-state index contributed by atoms with van der Waals surface area (Å²) in [6.45, 7) is 4.14. The zero-order valence-electron chi connectivity index (χ0n) is 11.8. The molecule has 4 heteroatoms. The van der Waals surface area contributed by atoms with Crippen LogP contribution in [-0.2, 0) is 11.2 Å². The topological polar surface area (TPSA) is 58.6 Å². The van der Waals surface area contributed by atoms with Crippen molar-refractivity contribution in [2.75, 3.05) is 13.7 Å². The fraction of sp³-hybridized carbons (Fsp3) is 0.533. The summed E-state index contributed by atoms with van der Waals surface area (Å²) in [5, 5.41) is 12.0. The summed E-state index contributed by atoms with van der Waals surface area (Å²) >= 11 is 0. The molecular weight excluding hydrogens is 242 g/mol. The van der Waals surface area contributed by atoms with Crippen LogP contribution in [0.5, 0.6) is 5.75 Å². The maximum atomic E-state index is 12.0. The van der Waals surface area contributed by atoms with Crippen LogP contribution in [-0.4, -0.2) is 30.8 Å². The molecule has 0 heterocycles. The Labute approximate surface area is 114 Å². The summed E-state index contributed by atoms with van der Waals surface area (Å²) in [5.74, 6) is 0.978. The van der Waals surface area contributed by atoms with E-state index >= 15 is 0 Å². The molecule has 0 aliphatic heterocycles. The number of para-hydroxylation sites is 1. The van der Waals surface area contributed by atoms with Gasteiger partial charge < -0.3 is 15.2 Å². The van der Waals surface area contributed by atoms with Crippen molar-refractivity contribution in [3.8, 4) is 5.75 Å². The molecule has 106 valence electrons. The first-order valence-electron chi connectivity index (χ1n) is 6.60. The fourth-order valence-electron chi connectivity index (χ4n) is 1.99. The van der Waals surface area contributed by atoms with Gasteiger partial charge in [0.15, 0.2) is 0 Å². The highest BCUT2D eigenvalue weighted by Gasteiger charge is 2.16. The molecule has 19 heavy (non-hydrogen) atoms. The lowest BCUT2D eigenvalue weighted by Gasteiger charge is -2.21. The van der Waals surface area contributed by atoms with E-state index < -0.39 is 0 Å². The molecule has 4 nitrogen and oxygen atoms in total. The standard InChI is InChI=1S/C15H23NO3/c1-11(2)13(8-9-17)16-15(18)10-12-6-4-5-7-14(12)19-3/h4-7,11,13,17H,8-10H2,1-3H3,(H,16,18). The first-order valence-corrected chi connectivity index (χ1v) is 6.60. The molecule has 0 radical (unpaired) electrons. The first-order chi connectivity index (χ1) is 9.08. The van der Waals surface area contributed by atoms with E-state index in [2.05, 4.69) is 5.32 Å².